The first-order valence-electron chi connectivity index (χ1n) is 14.5. The molecule has 2 unspecified atom stereocenters. The third kappa shape index (κ3) is 4.20. The highest BCUT2D eigenvalue weighted by molar-refractivity contribution is 6.00. The Bertz CT molecular complexity index is 1930. The average Bonchev–Trinajstić information content (AvgIpc) is 3.21. The molecule has 45 heavy (non-hydrogen) atoms. The van der Waals surface area contributed by atoms with E-state index in [0.717, 1.165) is 11.6 Å². The Morgan fingerprint density at radius 1 is 0.933 bits per heavy atom. The van der Waals surface area contributed by atoms with E-state index in [0.29, 0.717) is 22.6 Å². The molecule has 2 amide bonds. The van der Waals surface area contributed by atoms with E-state index >= 15 is 4.39 Å². The smallest absolute Gasteiger partial charge is 0.278 e. The fourth-order valence-corrected chi connectivity index (χ4v) is 6.70. The summed E-state index contributed by atoms with van der Waals surface area (Å²) in [5.74, 6) is -2.64. The molecule has 5 heterocycles. The molecular weight excluding hydrogens is 586 g/mol. The number of hydrogen-bond donors (Lipinski definition) is 0. The highest BCUT2D eigenvalue weighted by atomic mass is 19.2. The molecular formula is C33H26F2N4O6. The zero-order valence-corrected chi connectivity index (χ0v) is 23.8. The maximum Gasteiger partial charge on any atom is 0.278 e. The van der Waals surface area contributed by atoms with Crippen molar-refractivity contribution in [3.8, 4) is 11.5 Å². The number of amides is 2. The molecule has 4 aromatic rings. The van der Waals surface area contributed by atoms with Crippen LogP contribution in [0, 0.1) is 11.6 Å². The molecule has 3 aromatic carbocycles. The Morgan fingerprint density at radius 2 is 1.78 bits per heavy atom. The van der Waals surface area contributed by atoms with Gasteiger partial charge in [0.1, 0.15) is 24.6 Å². The topological polar surface area (TPSA) is 93.6 Å². The van der Waals surface area contributed by atoms with Crippen molar-refractivity contribution in [3.63, 3.8) is 0 Å². The van der Waals surface area contributed by atoms with Gasteiger partial charge in [0.2, 0.25) is 5.43 Å². The Labute approximate surface area is 255 Å². The van der Waals surface area contributed by atoms with Gasteiger partial charge in [-0.25, -0.2) is 8.78 Å². The van der Waals surface area contributed by atoms with Crippen LogP contribution >= 0.6 is 0 Å². The van der Waals surface area contributed by atoms with Gasteiger partial charge in [-0.3, -0.25) is 24.1 Å². The van der Waals surface area contributed by atoms with Crippen molar-refractivity contribution in [2.75, 3.05) is 36.3 Å². The number of anilines is 1. The van der Waals surface area contributed by atoms with Gasteiger partial charge in [-0.1, -0.05) is 48.5 Å². The fourth-order valence-electron chi connectivity index (χ4n) is 6.70. The van der Waals surface area contributed by atoms with Crippen molar-refractivity contribution in [1.29, 1.82) is 0 Å². The number of rotatable bonds is 4. The number of para-hydroxylation sites is 1. The molecule has 10 nitrogen and oxygen atoms in total. The number of carbonyl (C=O) groups excluding carboxylic acids is 2. The molecule has 1 aromatic heterocycles. The summed E-state index contributed by atoms with van der Waals surface area (Å²) in [6.07, 6.45) is 0.771. The molecule has 0 aliphatic carbocycles. The summed E-state index contributed by atoms with van der Waals surface area (Å²) in [6, 6.07) is 17.5. The number of halogens is 2. The third-order valence-electron chi connectivity index (χ3n) is 8.74. The van der Waals surface area contributed by atoms with Gasteiger partial charge >= 0.3 is 0 Å². The van der Waals surface area contributed by atoms with E-state index in [9.17, 15) is 18.8 Å². The molecule has 0 saturated carbocycles. The second-order valence-corrected chi connectivity index (χ2v) is 11.2. The fraction of sp³-hybridized carbons (Fsp3) is 0.242. The van der Waals surface area contributed by atoms with Crippen LogP contribution in [0.4, 0.5) is 14.5 Å². The van der Waals surface area contributed by atoms with Gasteiger partial charge in [0.15, 0.2) is 29.7 Å². The molecule has 0 bridgehead atoms. The van der Waals surface area contributed by atoms with E-state index < -0.39 is 41.1 Å². The lowest BCUT2D eigenvalue weighted by molar-refractivity contribution is -0.121. The molecule has 12 heteroatoms. The summed E-state index contributed by atoms with van der Waals surface area (Å²) in [4.78, 5) is 43.7. The van der Waals surface area contributed by atoms with E-state index in [1.807, 2.05) is 35.3 Å². The molecule has 4 aliphatic heterocycles. The van der Waals surface area contributed by atoms with E-state index in [2.05, 4.69) is 0 Å². The van der Waals surface area contributed by atoms with Crippen LogP contribution in [-0.4, -0.2) is 53.9 Å². The minimum absolute atomic E-state index is 0.000670. The third-order valence-corrected chi connectivity index (χ3v) is 8.74. The molecule has 0 spiro atoms. The number of pyridine rings is 1. The van der Waals surface area contributed by atoms with E-state index in [-0.39, 0.29) is 56.5 Å². The minimum Gasteiger partial charge on any atom is -0.482 e. The maximum atomic E-state index is 15.7. The van der Waals surface area contributed by atoms with Gasteiger partial charge in [0, 0.05) is 29.9 Å². The van der Waals surface area contributed by atoms with E-state index in [4.69, 9.17) is 14.2 Å². The van der Waals surface area contributed by atoms with Crippen LogP contribution in [0.15, 0.2) is 77.7 Å². The first-order valence-corrected chi connectivity index (χ1v) is 14.5. The van der Waals surface area contributed by atoms with Gasteiger partial charge < -0.3 is 24.0 Å². The monoisotopic (exact) mass is 612 g/mol. The van der Waals surface area contributed by atoms with Crippen LogP contribution in [0.3, 0.4) is 0 Å². The highest BCUT2D eigenvalue weighted by Gasteiger charge is 2.48. The van der Waals surface area contributed by atoms with Crippen LogP contribution < -0.4 is 24.8 Å². The van der Waals surface area contributed by atoms with E-state index in [1.165, 1.54) is 23.2 Å². The van der Waals surface area contributed by atoms with Crippen molar-refractivity contribution in [2.24, 2.45) is 0 Å². The summed E-state index contributed by atoms with van der Waals surface area (Å²) >= 11 is 0. The number of nitrogens with zero attached hydrogens (tertiary/aromatic N) is 4. The molecule has 8 rings (SSSR count). The van der Waals surface area contributed by atoms with Gasteiger partial charge in [-0.05, 0) is 23.3 Å². The van der Waals surface area contributed by atoms with Crippen LogP contribution in [-0.2, 0) is 22.7 Å². The molecule has 2 atom stereocenters. The Kier molecular flexibility index (Phi) is 6.34. The van der Waals surface area contributed by atoms with Crippen molar-refractivity contribution < 1.29 is 32.6 Å². The quantitative estimate of drug-likeness (QED) is 0.349. The van der Waals surface area contributed by atoms with Crippen LogP contribution in [0.2, 0.25) is 0 Å². The Morgan fingerprint density at radius 3 is 2.62 bits per heavy atom. The predicted octanol–water partition coefficient (Wildman–Crippen LogP) is 3.48. The number of hydrogen-bond acceptors (Lipinski definition) is 7. The summed E-state index contributed by atoms with van der Waals surface area (Å²) in [5, 5.41) is 1.82. The molecule has 1 fully saturated rings. The number of morpholine rings is 1. The molecule has 1 saturated heterocycles. The van der Waals surface area contributed by atoms with Gasteiger partial charge in [-0.2, -0.15) is 0 Å². The summed E-state index contributed by atoms with van der Waals surface area (Å²) in [7, 11) is 0. The molecule has 228 valence electrons. The number of carbonyl (C=O) groups is 2. The minimum atomic E-state index is -1.07. The number of fused-ring (bicyclic) bond motifs is 3. The van der Waals surface area contributed by atoms with Crippen molar-refractivity contribution in [3.05, 3.63) is 123 Å². The summed E-state index contributed by atoms with van der Waals surface area (Å²) in [6.45, 7) is 0.166. The van der Waals surface area contributed by atoms with Gasteiger partial charge in [0.05, 0.1) is 25.4 Å². The lowest BCUT2D eigenvalue weighted by Crippen LogP contribution is -2.66. The standard InChI is InChI=1S/C33H26F2N4O6/c34-23-10-9-20-22(28(23)35)15-37-27(41)18-44-25-8-4-7-21(30(25)37)29(20)39-26-17-43-14-13-36(26)33(42)31-32(24(40)11-12-38(31)39)45-16-19-5-2-1-3-6-19/h1-12,26,29H,13-18H2. The largest absolute Gasteiger partial charge is 0.482 e. The molecule has 4 aliphatic rings. The highest BCUT2D eigenvalue weighted by Crippen LogP contribution is 2.48. The summed E-state index contributed by atoms with van der Waals surface area (Å²) < 4.78 is 49.8. The van der Waals surface area contributed by atoms with Gasteiger partial charge in [0.25, 0.3) is 11.8 Å². The second kappa shape index (κ2) is 10.4. The second-order valence-electron chi connectivity index (χ2n) is 11.2. The first-order chi connectivity index (χ1) is 21.9. The SMILES string of the molecule is O=C1COc2cccc3c2N1Cc1c(ccc(F)c1F)C3N1C2COCCN2C(=O)c2c(OCc3ccccc3)c(=O)ccn21. The average molecular weight is 613 g/mol. The van der Waals surface area contributed by atoms with Crippen molar-refractivity contribution in [2.45, 2.75) is 25.4 Å². The Balaban J connectivity index is 1.38. The molecule has 0 N–H and O–H groups in total. The number of aromatic nitrogens is 1. The zero-order valence-electron chi connectivity index (χ0n) is 23.8. The predicted molar refractivity (Wildman–Crippen MR) is 157 cm³/mol. The number of ether oxygens (including phenoxy) is 3. The van der Waals surface area contributed by atoms with E-state index in [1.54, 1.807) is 27.8 Å². The van der Waals surface area contributed by atoms with Crippen LogP contribution in [0.1, 0.15) is 38.8 Å². The van der Waals surface area contributed by atoms with Crippen LogP contribution in [0.25, 0.3) is 0 Å². The lowest BCUT2D eigenvalue weighted by atomic mass is 9.92. The molecule has 0 radical (unpaired) electrons. The van der Waals surface area contributed by atoms with Crippen LogP contribution in [0.5, 0.6) is 11.5 Å². The normalized spacial score (nSPS) is 20.0. The summed E-state index contributed by atoms with van der Waals surface area (Å²) in [5.41, 5.74) is 1.72. The van der Waals surface area contributed by atoms with Crippen molar-refractivity contribution >= 4 is 17.5 Å². The Hall–Kier alpha value is -5.23. The first kappa shape index (κ1) is 27.3. The lowest BCUT2D eigenvalue weighted by Gasteiger charge is -2.51. The van der Waals surface area contributed by atoms with Gasteiger partial charge in [-0.15, -0.1) is 0 Å². The number of benzene rings is 3. The zero-order chi connectivity index (χ0) is 30.8. The van der Waals surface area contributed by atoms with Crippen molar-refractivity contribution in [1.82, 2.24) is 9.58 Å². The maximum absolute atomic E-state index is 15.7.